The van der Waals surface area contributed by atoms with Crippen molar-refractivity contribution in [3.8, 4) is 0 Å². The SMILES string of the molecule is CC[C@@]1(C)CCC(O)C(OC)C1C(C)(C)OCC=C(C)C. The van der Waals surface area contributed by atoms with Crippen molar-refractivity contribution in [2.24, 2.45) is 11.3 Å². The Morgan fingerprint density at radius 2 is 2.00 bits per heavy atom. The Bertz CT molecular complexity index is 357. The van der Waals surface area contributed by atoms with E-state index in [9.17, 15) is 5.11 Å². The first-order valence-corrected chi connectivity index (χ1v) is 8.16. The van der Waals surface area contributed by atoms with Gasteiger partial charge in [-0.3, -0.25) is 0 Å². The van der Waals surface area contributed by atoms with Crippen LogP contribution >= 0.6 is 0 Å². The molecule has 1 N–H and O–H groups in total. The normalized spacial score (nSPS) is 33.8. The van der Waals surface area contributed by atoms with Gasteiger partial charge in [0.2, 0.25) is 0 Å². The molecule has 3 heteroatoms. The highest BCUT2D eigenvalue weighted by Crippen LogP contribution is 2.50. The van der Waals surface area contributed by atoms with E-state index in [-0.39, 0.29) is 23.0 Å². The second kappa shape index (κ2) is 7.26. The maximum absolute atomic E-state index is 10.4. The third-order valence-corrected chi connectivity index (χ3v) is 5.25. The Hall–Kier alpha value is -0.380. The van der Waals surface area contributed by atoms with Gasteiger partial charge in [-0.15, -0.1) is 0 Å². The molecule has 1 saturated carbocycles. The highest BCUT2D eigenvalue weighted by atomic mass is 16.5. The summed E-state index contributed by atoms with van der Waals surface area (Å²) in [5.74, 6) is 0.175. The lowest BCUT2D eigenvalue weighted by Gasteiger charge is -2.53. The molecule has 0 aromatic rings. The molecular weight excluding hydrogens is 264 g/mol. The van der Waals surface area contributed by atoms with Gasteiger partial charge in [-0.1, -0.05) is 31.9 Å². The zero-order valence-electron chi connectivity index (χ0n) is 14.9. The lowest BCUT2D eigenvalue weighted by atomic mass is 9.58. The number of hydrogen-bond acceptors (Lipinski definition) is 3. The molecule has 0 amide bonds. The third-order valence-electron chi connectivity index (χ3n) is 5.25. The summed E-state index contributed by atoms with van der Waals surface area (Å²) in [6.45, 7) is 13.6. The van der Waals surface area contributed by atoms with E-state index < -0.39 is 6.10 Å². The van der Waals surface area contributed by atoms with Crippen LogP contribution in [0.3, 0.4) is 0 Å². The highest BCUT2D eigenvalue weighted by molar-refractivity contribution is 5.03. The van der Waals surface area contributed by atoms with Gasteiger partial charge in [-0.25, -0.2) is 0 Å². The second-order valence-electron chi connectivity index (χ2n) is 7.49. The van der Waals surface area contributed by atoms with Crippen LogP contribution in [0.15, 0.2) is 11.6 Å². The van der Waals surface area contributed by atoms with Crippen LogP contribution in [-0.2, 0) is 9.47 Å². The molecule has 0 saturated heterocycles. The summed E-state index contributed by atoms with van der Waals surface area (Å²) >= 11 is 0. The van der Waals surface area contributed by atoms with Crippen LogP contribution < -0.4 is 0 Å². The molecule has 3 nitrogen and oxygen atoms in total. The fraction of sp³-hybridized carbons (Fsp3) is 0.889. The maximum atomic E-state index is 10.4. The average molecular weight is 298 g/mol. The molecule has 0 aromatic carbocycles. The molecule has 0 radical (unpaired) electrons. The van der Waals surface area contributed by atoms with Gasteiger partial charge in [0.25, 0.3) is 0 Å². The van der Waals surface area contributed by atoms with Crippen molar-refractivity contribution in [1.82, 2.24) is 0 Å². The van der Waals surface area contributed by atoms with Crippen LogP contribution in [0.4, 0.5) is 0 Å². The Morgan fingerprint density at radius 1 is 1.38 bits per heavy atom. The minimum atomic E-state index is -0.397. The quantitative estimate of drug-likeness (QED) is 0.755. The van der Waals surface area contributed by atoms with E-state index in [0.29, 0.717) is 6.61 Å². The number of ether oxygens (including phenoxy) is 2. The summed E-state index contributed by atoms with van der Waals surface area (Å²) in [6, 6.07) is 0. The van der Waals surface area contributed by atoms with Crippen molar-refractivity contribution >= 4 is 0 Å². The van der Waals surface area contributed by atoms with Gasteiger partial charge < -0.3 is 14.6 Å². The summed E-state index contributed by atoms with van der Waals surface area (Å²) < 4.78 is 11.9. The molecule has 1 aliphatic carbocycles. The van der Waals surface area contributed by atoms with E-state index >= 15 is 0 Å². The molecule has 0 aromatic heterocycles. The van der Waals surface area contributed by atoms with E-state index in [1.54, 1.807) is 7.11 Å². The van der Waals surface area contributed by atoms with Crippen LogP contribution in [0, 0.1) is 11.3 Å². The van der Waals surface area contributed by atoms with E-state index in [1.807, 2.05) is 0 Å². The molecule has 0 heterocycles. The maximum Gasteiger partial charge on any atom is 0.0890 e. The highest BCUT2D eigenvalue weighted by Gasteiger charge is 2.52. The van der Waals surface area contributed by atoms with Gasteiger partial charge in [0.15, 0.2) is 0 Å². The first kappa shape index (κ1) is 18.7. The van der Waals surface area contributed by atoms with Gasteiger partial charge in [0.1, 0.15) is 0 Å². The molecule has 0 bridgehead atoms. The molecule has 1 rings (SSSR count). The van der Waals surface area contributed by atoms with Crippen molar-refractivity contribution in [1.29, 1.82) is 0 Å². The topological polar surface area (TPSA) is 38.7 Å². The van der Waals surface area contributed by atoms with Crippen molar-refractivity contribution in [2.45, 2.75) is 78.6 Å². The number of hydrogen-bond donors (Lipinski definition) is 1. The standard InChI is InChI=1S/C18H34O3/c1-8-18(6)11-9-14(19)15(20-7)16(18)17(4,5)21-12-10-13(2)3/h10,14-16,19H,8-9,11-12H2,1-7H3/t14?,15?,16?,18-/m0/s1. The average Bonchev–Trinajstić information content (AvgIpc) is 2.40. The van der Waals surface area contributed by atoms with E-state index in [4.69, 9.17) is 9.47 Å². The fourth-order valence-electron chi connectivity index (χ4n) is 3.85. The van der Waals surface area contributed by atoms with Gasteiger partial charge in [0, 0.05) is 13.0 Å². The monoisotopic (exact) mass is 298 g/mol. The molecule has 0 spiro atoms. The summed E-state index contributed by atoms with van der Waals surface area (Å²) in [7, 11) is 1.70. The smallest absolute Gasteiger partial charge is 0.0890 e. The Morgan fingerprint density at radius 3 is 2.48 bits per heavy atom. The number of methoxy groups -OCH3 is 1. The van der Waals surface area contributed by atoms with Gasteiger partial charge in [-0.2, -0.15) is 0 Å². The number of aliphatic hydroxyl groups excluding tert-OH is 1. The summed E-state index contributed by atoms with van der Waals surface area (Å²) in [5, 5.41) is 10.4. The summed E-state index contributed by atoms with van der Waals surface area (Å²) in [5.41, 5.74) is 1.06. The third kappa shape index (κ3) is 4.30. The van der Waals surface area contributed by atoms with Gasteiger partial charge in [0.05, 0.1) is 24.4 Å². The Kier molecular flexibility index (Phi) is 6.45. The number of rotatable bonds is 6. The van der Waals surface area contributed by atoms with Crippen LogP contribution in [0.2, 0.25) is 0 Å². The number of aliphatic hydroxyl groups is 1. The molecule has 1 aliphatic rings. The van der Waals surface area contributed by atoms with Gasteiger partial charge >= 0.3 is 0 Å². The van der Waals surface area contributed by atoms with Crippen molar-refractivity contribution in [3.63, 3.8) is 0 Å². The van der Waals surface area contributed by atoms with Crippen LogP contribution in [-0.4, -0.2) is 36.6 Å². The Labute approximate surface area is 130 Å². The van der Waals surface area contributed by atoms with Crippen LogP contribution in [0.5, 0.6) is 0 Å². The van der Waals surface area contributed by atoms with Crippen molar-refractivity contribution < 1.29 is 14.6 Å². The first-order chi connectivity index (χ1) is 9.68. The minimum Gasteiger partial charge on any atom is -0.390 e. The minimum absolute atomic E-state index is 0.133. The lowest BCUT2D eigenvalue weighted by Crippen LogP contribution is -2.57. The predicted octanol–water partition coefficient (Wildman–Crippen LogP) is 3.95. The van der Waals surface area contributed by atoms with Crippen LogP contribution in [0.1, 0.15) is 60.8 Å². The van der Waals surface area contributed by atoms with Crippen LogP contribution in [0.25, 0.3) is 0 Å². The molecule has 21 heavy (non-hydrogen) atoms. The van der Waals surface area contributed by atoms with Gasteiger partial charge in [-0.05, 0) is 46.0 Å². The zero-order chi connectivity index (χ0) is 16.3. The molecule has 1 fully saturated rings. The second-order valence-corrected chi connectivity index (χ2v) is 7.49. The molecule has 4 atom stereocenters. The zero-order valence-corrected chi connectivity index (χ0v) is 14.9. The molecular formula is C18H34O3. The van der Waals surface area contributed by atoms with E-state index in [2.05, 4.69) is 47.6 Å². The fourth-order valence-corrected chi connectivity index (χ4v) is 3.85. The Balaban J connectivity index is 3.01. The van der Waals surface area contributed by atoms with E-state index in [0.717, 1.165) is 19.3 Å². The van der Waals surface area contributed by atoms with E-state index in [1.165, 1.54) is 5.57 Å². The lowest BCUT2D eigenvalue weighted by molar-refractivity contribution is -0.192. The van der Waals surface area contributed by atoms with Crippen molar-refractivity contribution in [2.75, 3.05) is 13.7 Å². The predicted molar refractivity (Wildman–Crippen MR) is 87.4 cm³/mol. The summed E-state index contributed by atoms with van der Waals surface area (Å²) in [4.78, 5) is 0. The molecule has 3 unspecified atom stereocenters. The number of allylic oxidation sites excluding steroid dienone is 1. The largest absolute Gasteiger partial charge is 0.390 e. The van der Waals surface area contributed by atoms with Crippen molar-refractivity contribution in [3.05, 3.63) is 11.6 Å². The summed E-state index contributed by atoms with van der Waals surface area (Å²) in [6.07, 6.45) is 4.44. The molecule has 124 valence electrons. The first-order valence-electron chi connectivity index (χ1n) is 8.16. The molecule has 0 aliphatic heterocycles.